The summed E-state index contributed by atoms with van der Waals surface area (Å²) in [5.41, 5.74) is 2.05. The monoisotopic (exact) mass is 234 g/mol. The van der Waals surface area contributed by atoms with Crippen LogP contribution in [0.25, 0.3) is 0 Å². The molecule has 0 atom stereocenters. The molecule has 0 saturated heterocycles. The Balaban J connectivity index is 2.46. The number of Topliss-reactive ketones (excluding diaryl/α,β-unsaturated/α-hetero) is 1. The van der Waals surface area contributed by atoms with Gasteiger partial charge in [-0.2, -0.15) is 0 Å². The predicted molar refractivity (Wildman–Crippen MR) is 70.6 cm³/mol. The molecule has 0 heterocycles. The Morgan fingerprint density at radius 3 is 2.35 bits per heavy atom. The summed E-state index contributed by atoms with van der Waals surface area (Å²) in [7, 11) is 0. The molecule has 1 aromatic rings. The molecule has 2 nitrogen and oxygen atoms in total. The molecule has 0 fully saturated rings. The van der Waals surface area contributed by atoms with E-state index in [9.17, 15) is 4.79 Å². The van der Waals surface area contributed by atoms with Gasteiger partial charge in [0.15, 0.2) is 5.78 Å². The molecule has 0 radical (unpaired) electrons. The van der Waals surface area contributed by atoms with Crippen molar-refractivity contribution in [3.8, 4) is 0 Å². The van der Waals surface area contributed by atoms with Crippen molar-refractivity contribution < 1.29 is 9.53 Å². The maximum Gasteiger partial charge on any atom is 0.165 e. The van der Waals surface area contributed by atoms with Gasteiger partial charge in [-0.15, -0.1) is 0 Å². The normalized spacial score (nSPS) is 10.8. The molecule has 0 aliphatic heterocycles. The number of carbonyl (C=O) groups is 1. The summed E-state index contributed by atoms with van der Waals surface area (Å²) in [5, 5.41) is 0. The number of rotatable bonds is 7. The zero-order valence-corrected chi connectivity index (χ0v) is 11.0. The summed E-state index contributed by atoms with van der Waals surface area (Å²) in [5.74, 6) is 0.670. The van der Waals surface area contributed by atoms with Crippen LogP contribution in [0, 0.1) is 0 Å². The van der Waals surface area contributed by atoms with Crippen LogP contribution in [0.3, 0.4) is 0 Å². The van der Waals surface area contributed by atoms with Gasteiger partial charge in [0.05, 0.1) is 6.61 Å². The third-order valence-corrected chi connectivity index (χ3v) is 2.72. The van der Waals surface area contributed by atoms with Crippen LogP contribution < -0.4 is 0 Å². The average Bonchev–Trinajstić information content (AvgIpc) is 2.34. The van der Waals surface area contributed by atoms with Gasteiger partial charge in [0, 0.05) is 18.6 Å². The molecule has 2 heteroatoms. The van der Waals surface area contributed by atoms with Crippen LogP contribution in [-0.4, -0.2) is 19.0 Å². The van der Waals surface area contributed by atoms with Crippen molar-refractivity contribution in [3.05, 3.63) is 35.4 Å². The molecule has 0 aromatic heterocycles. The third kappa shape index (κ3) is 4.70. The number of ether oxygens (including phenoxy) is 1. The lowest BCUT2D eigenvalue weighted by Crippen LogP contribution is -2.05. The van der Waals surface area contributed by atoms with Crippen molar-refractivity contribution in [1.29, 1.82) is 0 Å². The van der Waals surface area contributed by atoms with Crippen LogP contribution in [0.4, 0.5) is 0 Å². The Kier molecular flexibility index (Phi) is 5.92. The Labute approximate surface area is 104 Å². The van der Waals surface area contributed by atoms with Crippen molar-refractivity contribution in [3.63, 3.8) is 0 Å². The fourth-order valence-corrected chi connectivity index (χ4v) is 1.61. The van der Waals surface area contributed by atoms with Crippen molar-refractivity contribution in [2.45, 2.75) is 39.5 Å². The lowest BCUT2D eigenvalue weighted by molar-refractivity contribution is 0.0879. The molecular weight excluding hydrogens is 212 g/mol. The standard InChI is InChI=1S/C15H22O2/c1-4-10-17-11-9-15(16)14-7-5-13(6-8-14)12(2)3/h5-8,12H,4,9-11H2,1-3H3. The first-order chi connectivity index (χ1) is 8.15. The summed E-state index contributed by atoms with van der Waals surface area (Å²) >= 11 is 0. The SMILES string of the molecule is CCCOCCC(=O)c1ccc(C(C)C)cc1. The fraction of sp³-hybridized carbons (Fsp3) is 0.533. The summed E-state index contributed by atoms with van der Waals surface area (Å²) in [6, 6.07) is 7.89. The van der Waals surface area contributed by atoms with Crippen LogP contribution in [0.2, 0.25) is 0 Å². The van der Waals surface area contributed by atoms with Crippen molar-refractivity contribution in [1.82, 2.24) is 0 Å². The highest BCUT2D eigenvalue weighted by atomic mass is 16.5. The predicted octanol–water partition coefficient (Wildman–Crippen LogP) is 3.81. The van der Waals surface area contributed by atoms with Gasteiger partial charge in [0.2, 0.25) is 0 Å². The molecule has 0 saturated carbocycles. The van der Waals surface area contributed by atoms with Crippen molar-refractivity contribution in [2.75, 3.05) is 13.2 Å². The summed E-state index contributed by atoms with van der Waals surface area (Å²) in [6.07, 6.45) is 1.47. The van der Waals surface area contributed by atoms with Crippen LogP contribution in [-0.2, 0) is 4.74 Å². The second kappa shape index (κ2) is 7.23. The smallest absolute Gasteiger partial charge is 0.165 e. The topological polar surface area (TPSA) is 26.3 Å². The first-order valence-electron chi connectivity index (χ1n) is 6.36. The highest BCUT2D eigenvalue weighted by Crippen LogP contribution is 2.15. The largest absolute Gasteiger partial charge is 0.381 e. The fourth-order valence-electron chi connectivity index (χ4n) is 1.61. The van der Waals surface area contributed by atoms with E-state index in [-0.39, 0.29) is 5.78 Å². The zero-order valence-electron chi connectivity index (χ0n) is 11.0. The molecule has 94 valence electrons. The van der Waals surface area contributed by atoms with E-state index < -0.39 is 0 Å². The summed E-state index contributed by atoms with van der Waals surface area (Å²) in [4.78, 5) is 11.8. The molecule has 0 amide bonds. The first-order valence-corrected chi connectivity index (χ1v) is 6.36. The third-order valence-electron chi connectivity index (χ3n) is 2.72. The zero-order chi connectivity index (χ0) is 12.7. The van der Waals surface area contributed by atoms with Crippen LogP contribution in [0.5, 0.6) is 0 Å². The van der Waals surface area contributed by atoms with E-state index in [0.717, 1.165) is 18.6 Å². The summed E-state index contributed by atoms with van der Waals surface area (Å²) < 4.78 is 5.32. The second-order valence-electron chi connectivity index (χ2n) is 4.56. The van der Waals surface area contributed by atoms with E-state index in [2.05, 4.69) is 20.8 Å². The maximum absolute atomic E-state index is 11.8. The minimum atomic E-state index is 0.163. The maximum atomic E-state index is 11.8. The Morgan fingerprint density at radius 2 is 1.82 bits per heavy atom. The van der Waals surface area contributed by atoms with E-state index in [1.165, 1.54) is 5.56 Å². The first kappa shape index (κ1) is 13.9. The highest BCUT2D eigenvalue weighted by molar-refractivity contribution is 5.96. The molecule has 1 aromatic carbocycles. The van der Waals surface area contributed by atoms with E-state index >= 15 is 0 Å². The molecule has 0 N–H and O–H groups in total. The molecule has 0 unspecified atom stereocenters. The Morgan fingerprint density at radius 1 is 1.18 bits per heavy atom. The second-order valence-corrected chi connectivity index (χ2v) is 4.56. The minimum absolute atomic E-state index is 0.163. The molecule has 0 spiro atoms. The van der Waals surface area contributed by atoms with Crippen molar-refractivity contribution >= 4 is 5.78 Å². The molecule has 17 heavy (non-hydrogen) atoms. The number of carbonyl (C=O) groups excluding carboxylic acids is 1. The Hall–Kier alpha value is -1.15. The van der Waals surface area contributed by atoms with E-state index in [1.807, 2.05) is 24.3 Å². The van der Waals surface area contributed by atoms with Gasteiger partial charge in [-0.1, -0.05) is 45.0 Å². The van der Waals surface area contributed by atoms with Gasteiger partial charge >= 0.3 is 0 Å². The van der Waals surface area contributed by atoms with Crippen LogP contribution >= 0.6 is 0 Å². The van der Waals surface area contributed by atoms with E-state index in [0.29, 0.717) is 18.9 Å². The molecule has 0 aliphatic carbocycles. The lowest BCUT2D eigenvalue weighted by Gasteiger charge is -2.06. The molecule has 1 rings (SSSR count). The van der Waals surface area contributed by atoms with Gasteiger partial charge in [0.25, 0.3) is 0 Å². The van der Waals surface area contributed by atoms with Gasteiger partial charge in [-0.3, -0.25) is 4.79 Å². The van der Waals surface area contributed by atoms with Crippen LogP contribution in [0.1, 0.15) is 55.5 Å². The lowest BCUT2D eigenvalue weighted by atomic mass is 10.00. The Bertz CT molecular complexity index is 338. The highest BCUT2D eigenvalue weighted by Gasteiger charge is 2.06. The van der Waals surface area contributed by atoms with E-state index in [4.69, 9.17) is 4.74 Å². The quantitative estimate of drug-likeness (QED) is 0.529. The van der Waals surface area contributed by atoms with Gasteiger partial charge in [-0.05, 0) is 17.9 Å². The van der Waals surface area contributed by atoms with Crippen LogP contribution in [0.15, 0.2) is 24.3 Å². The van der Waals surface area contributed by atoms with E-state index in [1.54, 1.807) is 0 Å². The van der Waals surface area contributed by atoms with Gasteiger partial charge in [0.1, 0.15) is 0 Å². The van der Waals surface area contributed by atoms with Gasteiger partial charge < -0.3 is 4.74 Å². The number of hydrogen-bond acceptors (Lipinski definition) is 2. The molecule has 0 bridgehead atoms. The molecular formula is C15H22O2. The number of hydrogen-bond donors (Lipinski definition) is 0. The molecule has 0 aliphatic rings. The average molecular weight is 234 g/mol. The summed E-state index contributed by atoms with van der Waals surface area (Å²) in [6.45, 7) is 7.62. The van der Waals surface area contributed by atoms with Crippen molar-refractivity contribution in [2.24, 2.45) is 0 Å². The van der Waals surface area contributed by atoms with Gasteiger partial charge in [-0.25, -0.2) is 0 Å². The number of ketones is 1. The minimum Gasteiger partial charge on any atom is -0.381 e. The number of benzene rings is 1.